The van der Waals surface area contributed by atoms with Gasteiger partial charge in [-0.05, 0) is 36.5 Å². The SMILES string of the molecule is NCc1cn[nH]c1-c1ccc2c(c1)CCC2. The summed E-state index contributed by atoms with van der Waals surface area (Å²) in [6, 6.07) is 6.67. The number of nitrogens with zero attached hydrogens (tertiary/aromatic N) is 1. The van der Waals surface area contributed by atoms with Crippen LogP contribution in [0.25, 0.3) is 11.3 Å². The third-order valence-electron chi connectivity index (χ3n) is 3.32. The number of hydrogen-bond acceptors (Lipinski definition) is 2. The van der Waals surface area contributed by atoms with Crippen LogP contribution in [0.4, 0.5) is 0 Å². The summed E-state index contributed by atoms with van der Waals surface area (Å²) in [7, 11) is 0. The maximum absolute atomic E-state index is 5.69. The summed E-state index contributed by atoms with van der Waals surface area (Å²) in [5, 5.41) is 7.09. The van der Waals surface area contributed by atoms with Crippen LogP contribution in [0, 0.1) is 0 Å². The third-order valence-corrected chi connectivity index (χ3v) is 3.32. The molecule has 0 unspecified atom stereocenters. The first-order valence-electron chi connectivity index (χ1n) is 5.73. The fourth-order valence-electron chi connectivity index (χ4n) is 2.44. The second-order valence-corrected chi connectivity index (χ2v) is 4.31. The molecule has 3 nitrogen and oxygen atoms in total. The number of hydrogen-bond donors (Lipinski definition) is 2. The molecule has 3 N–H and O–H groups in total. The van der Waals surface area contributed by atoms with Gasteiger partial charge in [-0.1, -0.05) is 12.1 Å². The van der Waals surface area contributed by atoms with Crippen molar-refractivity contribution in [3.05, 3.63) is 41.1 Å². The van der Waals surface area contributed by atoms with Gasteiger partial charge in [-0.2, -0.15) is 5.10 Å². The molecule has 0 spiro atoms. The summed E-state index contributed by atoms with van der Waals surface area (Å²) in [4.78, 5) is 0. The molecule has 0 atom stereocenters. The summed E-state index contributed by atoms with van der Waals surface area (Å²) in [5.74, 6) is 0. The highest BCUT2D eigenvalue weighted by molar-refractivity contribution is 5.64. The van der Waals surface area contributed by atoms with Crippen LogP contribution in [0.5, 0.6) is 0 Å². The van der Waals surface area contributed by atoms with Crippen LogP contribution < -0.4 is 5.73 Å². The molecule has 1 aromatic carbocycles. The fraction of sp³-hybridized carbons (Fsp3) is 0.308. The van der Waals surface area contributed by atoms with Crippen molar-refractivity contribution < 1.29 is 0 Å². The predicted octanol–water partition coefficient (Wildman–Crippen LogP) is 2.02. The second-order valence-electron chi connectivity index (χ2n) is 4.31. The minimum absolute atomic E-state index is 0.531. The Morgan fingerprint density at radius 2 is 2.12 bits per heavy atom. The predicted molar refractivity (Wildman–Crippen MR) is 63.9 cm³/mol. The number of aromatic nitrogens is 2. The van der Waals surface area contributed by atoms with Gasteiger partial charge in [-0.25, -0.2) is 0 Å². The quantitative estimate of drug-likeness (QED) is 0.802. The van der Waals surface area contributed by atoms with E-state index in [0.717, 1.165) is 11.3 Å². The Hall–Kier alpha value is -1.61. The molecule has 0 saturated heterocycles. The number of nitrogens with one attached hydrogen (secondary N) is 1. The van der Waals surface area contributed by atoms with Gasteiger partial charge in [0.25, 0.3) is 0 Å². The Bertz CT molecular complexity index is 514. The first kappa shape index (κ1) is 9.60. The van der Waals surface area contributed by atoms with E-state index in [9.17, 15) is 0 Å². The number of H-pyrrole nitrogens is 1. The van der Waals surface area contributed by atoms with Gasteiger partial charge in [0.05, 0.1) is 11.9 Å². The maximum atomic E-state index is 5.69. The lowest BCUT2D eigenvalue weighted by Gasteiger charge is -2.04. The van der Waals surface area contributed by atoms with Crippen molar-refractivity contribution in [3.63, 3.8) is 0 Å². The number of aromatic amines is 1. The molecule has 0 amide bonds. The molecule has 1 aliphatic rings. The largest absolute Gasteiger partial charge is 0.326 e. The molecule has 1 heterocycles. The van der Waals surface area contributed by atoms with Crippen molar-refractivity contribution in [1.82, 2.24) is 10.2 Å². The smallest absolute Gasteiger partial charge is 0.0695 e. The number of nitrogens with two attached hydrogens (primary N) is 1. The Morgan fingerprint density at radius 3 is 3.00 bits per heavy atom. The lowest BCUT2D eigenvalue weighted by molar-refractivity contribution is 0.912. The second kappa shape index (κ2) is 3.76. The standard InChI is InChI=1S/C13H15N3/c14-7-12-8-15-16-13(12)11-5-4-9-2-1-3-10(9)6-11/h4-6,8H,1-3,7,14H2,(H,15,16). The van der Waals surface area contributed by atoms with Gasteiger partial charge in [0.1, 0.15) is 0 Å². The normalized spacial score (nSPS) is 14.1. The van der Waals surface area contributed by atoms with Gasteiger partial charge in [-0.3, -0.25) is 5.10 Å². The minimum atomic E-state index is 0.531. The van der Waals surface area contributed by atoms with E-state index >= 15 is 0 Å². The Kier molecular flexibility index (Phi) is 2.26. The maximum Gasteiger partial charge on any atom is 0.0695 e. The van der Waals surface area contributed by atoms with E-state index in [1.165, 1.54) is 36.0 Å². The molecule has 16 heavy (non-hydrogen) atoms. The number of benzene rings is 1. The Balaban J connectivity index is 2.07. The lowest BCUT2D eigenvalue weighted by Crippen LogP contribution is -1.97. The van der Waals surface area contributed by atoms with Gasteiger partial charge in [0, 0.05) is 17.7 Å². The molecular formula is C13H15N3. The highest BCUT2D eigenvalue weighted by Crippen LogP contribution is 2.28. The number of rotatable bonds is 2. The van der Waals surface area contributed by atoms with Crippen molar-refractivity contribution in [2.24, 2.45) is 5.73 Å². The van der Waals surface area contributed by atoms with E-state index in [0.29, 0.717) is 6.54 Å². The molecule has 1 aliphatic carbocycles. The van der Waals surface area contributed by atoms with E-state index in [1.54, 1.807) is 0 Å². The average Bonchev–Trinajstić information content (AvgIpc) is 2.96. The number of fused-ring (bicyclic) bond motifs is 1. The van der Waals surface area contributed by atoms with Gasteiger partial charge < -0.3 is 5.73 Å². The van der Waals surface area contributed by atoms with Crippen LogP contribution in [-0.4, -0.2) is 10.2 Å². The van der Waals surface area contributed by atoms with E-state index in [2.05, 4.69) is 28.4 Å². The Morgan fingerprint density at radius 1 is 1.25 bits per heavy atom. The number of aryl methyl sites for hydroxylation is 2. The van der Waals surface area contributed by atoms with Crippen LogP contribution in [-0.2, 0) is 19.4 Å². The highest BCUT2D eigenvalue weighted by atomic mass is 15.1. The van der Waals surface area contributed by atoms with Crippen molar-refractivity contribution >= 4 is 0 Å². The molecule has 2 aromatic rings. The zero-order valence-corrected chi connectivity index (χ0v) is 9.16. The fourth-order valence-corrected chi connectivity index (χ4v) is 2.44. The van der Waals surface area contributed by atoms with Gasteiger partial charge in [0.15, 0.2) is 0 Å². The molecular weight excluding hydrogens is 198 g/mol. The minimum Gasteiger partial charge on any atom is -0.326 e. The van der Waals surface area contributed by atoms with Crippen LogP contribution in [0.15, 0.2) is 24.4 Å². The first-order valence-corrected chi connectivity index (χ1v) is 5.73. The molecule has 82 valence electrons. The van der Waals surface area contributed by atoms with Crippen LogP contribution in [0.1, 0.15) is 23.1 Å². The van der Waals surface area contributed by atoms with E-state index < -0.39 is 0 Å². The van der Waals surface area contributed by atoms with Gasteiger partial charge in [-0.15, -0.1) is 0 Å². The molecule has 0 aliphatic heterocycles. The molecule has 3 rings (SSSR count). The van der Waals surface area contributed by atoms with Gasteiger partial charge in [0.2, 0.25) is 0 Å². The van der Waals surface area contributed by atoms with Crippen LogP contribution in [0.2, 0.25) is 0 Å². The van der Waals surface area contributed by atoms with E-state index in [1.807, 2.05) is 6.20 Å². The monoisotopic (exact) mass is 213 g/mol. The van der Waals surface area contributed by atoms with Crippen molar-refractivity contribution in [2.45, 2.75) is 25.8 Å². The summed E-state index contributed by atoms with van der Waals surface area (Å²) < 4.78 is 0. The topological polar surface area (TPSA) is 54.7 Å². The third kappa shape index (κ3) is 1.44. The lowest BCUT2D eigenvalue weighted by atomic mass is 10.0. The molecule has 0 radical (unpaired) electrons. The first-order chi connectivity index (χ1) is 7.88. The Labute approximate surface area is 94.7 Å². The molecule has 1 aromatic heterocycles. The zero-order valence-electron chi connectivity index (χ0n) is 9.16. The summed E-state index contributed by atoms with van der Waals surface area (Å²) in [6.07, 6.45) is 5.52. The molecule has 0 saturated carbocycles. The van der Waals surface area contributed by atoms with Crippen molar-refractivity contribution in [2.75, 3.05) is 0 Å². The van der Waals surface area contributed by atoms with Crippen LogP contribution >= 0.6 is 0 Å². The average molecular weight is 213 g/mol. The van der Waals surface area contributed by atoms with Crippen molar-refractivity contribution in [1.29, 1.82) is 0 Å². The molecule has 0 bridgehead atoms. The van der Waals surface area contributed by atoms with Crippen molar-refractivity contribution in [3.8, 4) is 11.3 Å². The van der Waals surface area contributed by atoms with Crippen LogP contribution in [0.3, 0.4) is 0 Å². The highest BCUT2D eigenvalue weighted by Gasteiger charge is 2.13. The summed E-state index contributed by atoms with van der Waals surface area (Å²) >= 11 is 0. The molecule has 3 heteroatoms. The zero-order chi connectivity index (χ0) is 11.0. The van der Waals surface area contributed by atoms with E-state index in [-0.39, 0.29) is 0 Å². The summed E-state index contributed by atoms with van der Waals surface area (Å²) in [6.45, 7) is 0.531. The van der Waals surface area contributed by atoms with E-state index in [4.69, 9.17) is 5.73 Å². The molecule has 0 fully saturated rings. The summed E-state index contributed by atoms with van der Waals surface area (Å²) in [5.41, 5.74) is 12.0. The van der Waals surface area contributed by atoms with Gasteiger partial charge >= 0.3 is 0 Å².